The van der Waals surface area contributed by atoms with Crippen LogP contribution in [0.15, 0.2) is 47.8 Å². The van der Waals surface area contributed by atoms with Crippen molar-refractivity contribution in [2.75, 3.05) is 14.2 Å². The molecule has 0 saturated heterocycles. The molecule has 0 spiro atoms. The smallest absolute Gasteiger partial charge is 0.128 e. The average Bonchev–Trinajstić information content (AvgIpc) is 3.01. The van der Waals surface area contributed by atoms with Crippen LogP contribution in [0.2, 0.25) is 0 Å². The van der Waals surface area contributed by atoms with Crippen molar-refractivity contribution in [3.63, 3.8) is 0 Å². The van der Waals surface area contributed by atoms with Gasteiger partial charge in [-0.05, 0) is 46.8 Å². The van der Waals surface area contributed by atoms with Gasteiger partial charge in [-0.3, -0.25) is 0 Å². The summed E-state index contributed by atoms with van der Waals surface area (Å²) in [6, 6.07) is 14.3. The minimum absolute atomic E-state index is 0.869. The van der Waals surface area contributed by atoms with Gasteiger partial charge in [-0.1, -0.05) is 24.3 Å². The largest absolute Gasteiger partial charge is 0.497 e. The number of benzene rings is 2. The molecule has 21 heavy (non-hydrogen) atoms. The monoisotopic (exact) mass is 296 g/mol. The minimum Gasteiger partial charge on any atom is -0.497 e. The molecule has 0 radical (unpaired) electrons. The van der Waals surface area contributed by atoms with Gasteiger partial charge >= 0.3 is 0 Å². The molecule has 0 N–H and O–H groups in total. The summed E-state index contributed by atoms with van der Waals surface area (Å²) in [6.07, 6.45) is 4.19. The number of fused-ring (bicyclic) bond motifs is 1. The lowest BCUT2D eigenvalue weighted by Crippen LogP contribution is -1.84. The number of hydrogen-bond acceptors (Lipinski definition) is 3. The Hall–Kier alpha value is -2.26. The molecule has 106 valence electrons. The van der Waals surface area contributed by atoms with E-state index in [1.807, 2.05) is 24.3 Å². The van der Waals surface area contributed by atoms with Crippen molar-refractivity contribution >= 4 is 33.6 Å². The molecular weight excluding hydrogens is 280 g/mol. The van der Waals surface area contributed by atoms with E-state index in [1.54, 1.807) is 25.6 Å². The molecular formula is C18H16O2S. The lowest BCUT2D eigenvalue weighted by molar-refractivity contribution is 0.415. The van der Waals surface area contributed by atoms with Crippen LogP contribution in [-0.4, -0.2) is 14.2 Å². The Morgan fingerprint density at radius 1 is 0.857 bits per heavy atom. The second-order valence-electron chi connectivity index (χ2n) is 4.66. The first-order valence-corrected chi connectivity index (χ1v) is 7.55. The first-order chi connectivity index (χ1) is 10.3. The summed E-state index contributed by atoms with van der Waals surface area (Å²) in [5.41, 5.74) is 2.28. The van der Waals surface area contributed by atoms with E-state index in [2.05, 4.69) is 35.7 Å². The van der Waals surface area contributed by atoms with Crippen molar-refractivity contribution in [1.29, 1.82) is 0 Å². The normalized spacial score (nSPS) is 11.1. The zero-order valence-electron chi connectivity index (χ0n) is 12.0. The summed E-state index contributed by atoms with van der Waals surface area (Å²) in [7, 11) is 3.39. The standard InChI is InChI=1S/C18H16O2S/c1-19-15-7-5-13(6-8-15)3-4-14-11-17(20-2)16-9-10-21-18(16)12-14/h3-12H,1-2H3/b4-3+. The number of ether oxygens (including phenoxy) is 2. The van der Waals surface area contributed by atoms with Crippen molar-refractivity contribution in [3.8, 4) is 11.5 Å². The lowest BCUT2D eigenvalue weighted by Gasteiger charge is -2.04. The van der Waals surface area contributed by atoms with Gasteiger partial charge in [0, 0.05) is 10.1 Å². The summed E-state index contributed by atoms with van der Waals surface area (Å²) in [4.78, 5) is 0. The van der Waals surface area contributed by atoms with Gasteiger partial charge in [-0.15, -0.1) is 11.3 Å². The number of methoxy groups -OCH3 is 2. The molecule has 0 unspecified atom stereocenters. The van der Waals surface area contributed by atoms with Gasteiger partial charge in [0.1, 0.15) is 11.5 Å². The quantitative estimate of drug-likeness (QED) is 0.624. The molecule has 0 aliphatic rings. The third kappa shape index (κ3) is 2.93. The summed E-state index contributed by atoms with van der Waals surface area (Å²) < 4.78 is 11.9. The zero-order chi connectivity index (χ0) is 14.7. The summed E-state index contributed by atoms with van der Waals surface area (Å²) >= 11 is 1.73. The van der Waals surface area contributed by atoms with Crippen LogP contribution in [0.3, 0.4) is 0 Å². The van der Waals surface area contributed by atoms with Crippen LogP contribution < -0.4 is 9.47 Å². The fourth-order valence-corrected chi connectivity index (χ4v) is 3.08. The van der Waals surface area contributed by atoms with E-state index in [0.717, 1.165) is 22.6 Å². The summed E-state index contributed by atoms with van der Waals surface area (Å²) in [5, 5.41) is 3.26. The molecule has 3 heteroatoms. The number of thiophene rings is 1. The van der Waals surface area contributed by atoms with E-state index in [9.17, 15) is 0 Å². The first-order valence-electron chi connectivity index (χ1n) is 6.67. The molecule has 0 saturated carbocycles. The van der Waals surface area contributed by atoms with Gasteiger partial charge in [0.2, 0.25) is 0 Å². The molecule has 2 nitrogen and oxygen atoms in total. The minimum atomic E-state index is 0.869. The van der Waals surface area contributed by atoms with Gasteiger partial charge in [0.15, 0.2) is 0 Å². The Balaban J connectivity index is 1.91. The molecule has 0 amide bonds. The second-order valence-corrected chi connectivity index (χ2v) is 5.61. The van der Waals surface area contributed by atoms with E-state index in [-0.39, 0.29) is 0 Å². The van der Waals surface area contributed by atoms with Crippen LogP contribution in [0.25, 0.3) is 22.2 Å². The summed E-state index contributed by atoms with van der Waals surface area (Å²) in [5.74, 6) is 1.79. The maximum atomic E-state index is 5.47. The maximum absolute atomic E-state index is 5.47. The van der Waals surface area contributed by atoms with Crippen LogP contribution >= 0.6 is 11.3 Å². The Bertz CT molecular complexity index is 770. The van der Waals surface area contributed by atoms with Gasteiger partial charge in [-0.25, -0.2) is 0 Å². The molecule has 1 aromatic heterocycles. The molecule has 0 aliphatic heterocycles. The molecule has 3 aromatic rings. The molecule has 0 bridgehead atoms. The average molecular weight is 296 g/mol. The van der Waals surface area contributed by atoms with E-state index in [1.165, 1.54) is 10.1 Å². The van der Waals surface area contributed by atoms with E-state index >= 15 is 0 Å². The molecule has 0 atom stereocenters. The van der Waals surface area contributed by atoms with Crippen molar-refractivity contribution in [2.45, 2.75) is 0 Å². The van der Waals surface area contributed by atoms with Gasteiger partial charge in [-0.2, -0.15) is 0 Å². The zero-order valence-corrected chi connectivity index (χ0v) is 12.8. The van der Waals surface area contributed by atoms with Crippen LogP contribution in [0.1, 0.15) is 11.1 Å². The molecule has 2 aromatic carbocycles. The summed E-state index contributed by atoms with van der Waals surface area (Å²) in [6.45, 7) is 0. The van der Waals surface area contributed by atoms with Crippen LogP contribution in [0, 0.1) is 0 Å². The van der Waals surface area contributed by atoms with Crippen LogP contribution in [-0.2, 0) is 0 Å². The molecule has 0 aliphatic carbocycles. The van der Waals surface area contributed by atoms with E-state index in [4.69, 9.17) is 9.47 Å². The second kappa shape index (κ2) is 6.02. The fourth-order valence-electron chi connectivity index (χ4n) is 2.23. The fraction of sp³-hybridized carbons (Fsp3) is 0.111. The third-order valence-electron chi connectivity index (χ3n) is 3.36. The van der Waals surface area contributed by atoms with Gasteiger partial charge < -0.3 is 9.47 Å². The predicted molar refractivity (Wildman–Crippen MR) is 90.3 cm³/mol. The Kier molecular flexibility index (Phi) is 3.93. The van der Waals surface area contributed by atoms with E-state index in [0.29, 0.717) is 0 Å². The predicted octanol–water partition coefficient (Wildman–Crippen LogP) is 5.09. The topological polar surface area (TPSA) is 18.5 Å². The van der Waals surface area contributed by atoms with E-state index < -0.39 is 0 Å². The first kappa shape index (κ1) is 13.7. The molecule has 1 heterocycles. The Morgan fingerprint density at radius 2 is 1.62 bits per heavy atom. The number of rotatable bonds is 4. The van der Waals surface area contributed by atoms with Crippen molar-refractivity contribution < 1.29 is 9.47 Å². The molecule has 3 rings (SSSR count). The van der Waals surface area contributed by atoms with Gasteiger partial charge in [0.05, 0.1) is 14.2 Å². The Labute approximate surface area is 128 Å². The Morgan fingerprint density at radius 3 is 2.33 bits per heavy atom. The van der Waals surface area contributed by atoms with Crippen molar-refractivity contribution in [1.82, 2.24) is 0 Å². The lowest BCUT2D eigenvalue weighted by atomic mass is 10.1. The van der Waals surface area contributed by atoms with Crippen molar-refractivity contribution in [2.24, 2.45) is 0 Å². The highest BCUT2D eigenvalue weighted by Gasteiger charge is 2.04. The molecule has 0 fully saturated rings. The van der Waals surface area contributed by atoms with Crippen molar-refractivity contribution in [3.05, 3.63) is 59.0 Å². The highest BCUT2D eigenvalue weighted by molar-refractivity contribution is 7.17. The van der Waals surface area contributed by atoms with Gasteiger partial charge in [0.25, 0.3) is 0 Å². The SMILES string of the molecule is COc1ccc(/C=C/c2cc(OC)c3ccsc3c2)cc1. The number of hydrogen-bond donors (Lipinski definition) is 0. The highest BCUT2D eigenvalue weighted by Crippen LogP contribution is 2.32. The third-order valence-corrected chi connectivity index (χ3v) is 4.22. The van der Waals surface area contributed by atoms with Crippen LogP contribution in [0.4, 0.5) is 0 Å². The van der Waals surface area contributed by atoms with Crippen LogP contribution in [0.5, 0.6) is 11.5 Å². The maximum Gasteiger partial charge on any atom is 0.128 e. The highest BCUT2D eigenvalue weighted by atomic mass is 32.1.